The topological polar surface area (TPSA) is 70.6 Å². The predicted octanol–water partition coefficient (Wildman–Crippen LogP) is 5.22. The molecule has 0 aliphatic rings. The molecule has 7 heteroatoms. The summed E-state index contributed by atoms with van der Waals surface area (Å²) in [7, 11) is 0. The molecule has 0 saturated carbocycles. The van der Waals surface area contributed by atoms with Gasteiger partial charge in [-0.15, -0.1) is 11.8 Å². The number of halogens is 1. The first-order chi connectivity index (χ1) is 14.5. The van der Waals surface area contributed by atoms with Gasteiger partial charge in [0.2, 0.25) is 5.91 Å². The number of rotatable bonds is 7. The van der Waals surface area contributed by atoms with Crippen LogP contribution in [0, 0.1) is 0 Å². The molecule has 0 radical (unpaired) electrons. The molecule has 0 saturated heterocycles. The third-order valence-electron chi connectivity index (χ3n) is 4.11. The van der Waals surface area contributed by atoms with Gasteiger partial charge in [0.05, 0.1) is 11.5 Å². The number of carbonyl (C=O) groups excluding carboxylic acids is 2. The van der Waals surface area contributed by atoms with Crippen LogP contribution in [0.2, 0.25) is 5.02 Å². The van der Waals surface area contributed by atoms with Crippen LogP contribution >= 0.6 is 23.4 Å². The number of thioether (sulfide) groups is 1. The van der Waals surface area contributed by atoms with E-state index in [1.807, 2.05) is 48.5 Å². The Hall–Kier alpha value is -3.09. The Labute approximate surface area is 184 Å². The van der Waals surface area contributed by atoms with Gasteiger partial charge in [-0.1, -0.05) is 41.9 Å². The number of benzene rings is 3. The van der Waals surface area contributed by atoms with Crippen LogP contribution in [-0.2, 0) is 4.79 Å². The lowest BCUT2D eigenvalue weighted by molar-refractivity contribution is -0.118. The molecule has 2 amide bonds. The molecule has 5 nitrogen and oxygen atoms in total. The lowest BCUT2D eigenvalue weighted by atomic mass is 10.1. The van der Waals surface area contributed by atoms with Crippen LogP contribution in [0.1, 0.15) is 22.8 Å². The number of amides is 2. The molecule has 0 aliphatic carbocycles. The van der Waals surface area contributed by atoms with E-state index in [-0.39, 0.29) is 17.6 Å². The highest BCUT2D eigenvalue weighted by molar-refractivity contribution is 8.00. The zero-order chi connectivity index (χ0) is 21.3. The molecule has 0 aromatic heterocycles. The van der Waals surface area contributed by atoms with Crippen molar-refractivity contribution in [2.75, 3.05) is 11.1 Å². The van der Waals surface area contributed by atoms with Gasteiger partial charge in [0.15, 0.2) is 0 Å². The normalized spacial score (nSPS) is 11.1. The molecule has 0 heterocycles. The largest absolute Gasteiger partial charge is 0.322 e. The highest BCUT2D eigenvalue weighted by Crippen LogP contribution is 2.20. The molecule has 3 aromatic carbocycles. The van der Waals surface area contributed by atoms with Crippen molar-refractivity contribution in [2.45, 2.75) is 11.8 Å². The number of carbonyl (C=O) groups is 2. The van der Waals surface area contributed by atoms with Crippen LogP contribution in [-0.4, -0.2) is 23.3 Å². The second-order valence-corrected chi connectivity index (χ2v) is 7.86. The van der Waals surface area contributed by atoms with Crippen molar-refractivity contribution < 1.29 is 9.59 Å². The molecule has 30 heavy (non-hydrogen) atoms. The van der Waals surface area contributed by atoms with Crippen molar-refractivity contribution in [3.05, 3.63) is 95.0 Å². The minimum absolute atomic E-state index is 0.185. The van der Waals surface area contributed by atoms with Crippen molar-refractivity contribution >= 4 is 46.6 Å². The third-order valence-corrected chi connectivity index (χ3v) is 5.37. The minimum Gasteiger partial charge on any atom is -0.322 e. The summed E-state index contributed by atoms with van der Waals surface area (Å²) in [5.41, 5.74) is 5.23. The fraction of sp³-hybridized carbons (Fsp3) is 0.0870. The molecule has 152 valence electrons. The summed E-state index contributed by atoms with van der Waals surface area (Å²) in [6.45, 7) is 1.80. The van der Waals surface area contributed by atoms with Crippen LogP contribution in [0.4, 0.5) is 5.69 Å². The Morgan fingerprint density at radius 3 is 2.37 bits per heavy atom. The number of hydrazone groups is 1. The summed E-state index contributed by atoms with van der Waals surface area (Å²) in [6, 6.07) is 23.6. The molecular formula is C23H20ClN3O2S. The maximum Gasteiger partial charge on any atom is 0.255 e. The first-order valence-corrected chi connectivity index (χ1v) is 10.6. The molecule has 0 aliphatic heterocycles. The average molecular weight is 438 g/mol. The predicted molar refractivity (Wildman–Crippen MR) is 123 cm³/mol. The van der Waals surface area contributed by atoms with Crippen LogP contribution in [0.15, 0.2) is 88.9 Å². The van der Waals surface area contributed by atoms with Gasteiger partial charge in [-0.25, -0.2) is 5.43 Å². The molecule has 0 unspecified atom stereocenters. The van der Waals surface area contributed by atoms with Crippen molar-refractivity contribution in [1.82, 2.24) is 5.43 Å². The summed E-state index contributed by atoms with van der Waals surface area (Å²) < 4.78 is 0. The standard InChI is InChI=1S/C23H20ClN3O2S/c1-16(26-27-22(28)15-30-21-12-10-19(24)11-13-21)18-8-5-9-20(14-18)25-23(29)17-6-3-2-4-7-17/h2-14H,15H2,1H3,(H,25,29)(H,27,28)/b26-16-. The van der Waals surface area contributed by atoms with E-state index in [1.54, 1.807) is 37.3 Å². The average Bonchev–Trinajstić information content (AvgIpc) is 2.78. The zero-order valence-corrected chi connectivity index (χ0v) is 17.8. The van der Waals surface area contributed by atoms with E-state index < -0.39 is 0 Å². The molecule has 3 rings (SSSR count). The summed E-state index contributed by atoms with van der Waals surface area (Å²) in [5.74, 6) is -0.149. The van der Waals surface area contributed by atoms with Crippen molar-refractivity contribution in [3.8, 4) is 0 Å². The Morgan fingerprint density at radius 1 is 0.933 bits per heavy atom. The van der Waals surface area contributed by atoms with Crippen molar-refractivity contribution in [2.24, 2.45) is 5.10 Å². The van der Waals surface area contributed by atoms with E-state index in [0.717, 1.165) is 10.5 Å². The van der Waals surface area contributed by atoms with Gasteiger partial charge in [-0.2, -0.15) is 5.10 Å². The van der Waals surface area contributed by atoms with Gasteiger partial charge >= 0.3 is 0 Å². The van der Waals surface area contributed by atoms with Crippen molar-refractivity contribution in [1.29, 1.82) is 0 Å². The van der Waals surface area contributed by atoms with Crippen LogP contribution in [0.3, 0.4) is 0 Å². The van der Waals surface area contributed by atoms with Crippen LogP contribution in [0.5, 0.6) is 0 Å². The van der Waals surface area contributed by atoms with Gasteiger partial charge in [-0.05, 0) is 61.0 Å². The molecule has 0 spiro atoms. The van der Waals surface area contributed by atoms with Gasteiger partial charge in [0.1, 0.15) is 0 Å². The molecule has 3 aromatic rings. The fourth-order valence-corrected chi connectivity index (χ4v) is 3.35. The highest BCUT2D eigenvalue weighted by atomic mass is 35.5. The fourth-order valence-electron chi connectivity index (χ4n) is 2.54. The quantitative estimate of drug-likeness (QED) is 0.302. The van der Waals surface area contributed by atoms with E-state index >= 15 is 0 Å². The van der Waals surface area contributed by atoms with Gasteiger partial charge in [0, 0.05) is 21.2 Å². The summed E-state index contributed by atoms with van der Waals surface area (Å²) in [5, 5.41) is 7.69. The van der Waals surface area contributed by atoms with E-state index in [1.165, 1.54) is 11.8 Å². The van der Waals surface area contributed by atoms with Gasteiger partial charge < -0.3 is 5.32 Å². The number of anilines is 1. The Balaban J connectivity index is 1.56. The maximum absolute atomic E-state index is 12.3. The summed E-state index contributed by atoms with van der Waals surface area (Å²) in [4.78, 5) is 25.3. The Bertz CT molecular complexity index is 1050. The van der Waals surface area contributed by atoms with E-state index in [4.69, 9.17) is 11.6 Å². The maximum atomic E-state index is 12.3. The minimum atomic E-state index is -0.206. The third kappa shape index (κ3) is 6.47. The number of nitrogens with zero attached hydrogens (tertiary/aromatic N) is 1. The van der Waals surface area contributed by atoms with E-state index in [9.17, 15) is 9.59 Å². The zero-order valence-electron chi connectivity index (χ0n) is 16.3. The van der Waals surface area contributed by atoms with E-state index in [0.29, 0.717) is 22.0 Å². The van der Waals surface area contributed by atoms with Gasteiger partial charge in [0.25, 0.3) is 5.91 Å². The molecule has 2 N–H and O–H groups in total. The lowest BCUT2D eigenvalue weighted by Crippen LogP contribution is -2.21. The van der Waals surface area contributed by atoms with Crippen LogP contribution in [0.25, 0.3) is 0 Å². The van der Waals surface area contributed by atoms with E-state index in [2.05, 4.69) is 15.8 Å². The van der Waals surface area contributed by atoms with Crippen molar-refractivity contribution in [3.63, 3.8) is 0 Å². The molecule has 0 bridgehead atoms. The molecule has 0 fully saturated rings. The summed E-state index contributed by atoms with van der Waals surface area (Å²) in [6.07, 6.45) is 0. The van der Waals surface area contributed by atoms with Gasteiger partial charge in [-0.3, -0.25) is 9.59 Å². The summed E-state index contributed by atoms with van der Waals surface area (Å²) >= 11 is 7.26. The SMILES string of the molecule is C/C(=N/NC(=O)CSc1ccc(Cl)cc1)c1cccc(NC(=O)c2ccccc2)c1. The second-order valence-electron chi connectivity index (χ2n) is 6.38. The number of hydrogen-bond acceptors (Lipinski definition) is 4. The highest BCUT2D eigenvalue weighted by Gasteiger charge is 2.07. The Kier molecular flexibility index (Phi) is 7.65. The number of hydrogen-bond donors (Lipinski definition) is 2. The first kappa shape index (κ1) is 21.6. The Morgan fingerprint density at radius 2 is 1.63 bits per heavy atom. The smallest absolute Gasteiger partial charge is 0.255 e. The lowest BCUT2D eigenvalue weighted by Gasteiger charge is -2.08. The van der Waals surface area contributed by atoms with Crippen LogP contribution < -0.4 is 10.7 Å². The molecular weight excluding hydrogens is 418 g/mol. The first-order valence-electron chi connectivity index (χ1n) is 9.19. The second kappa shape index (κ2) is 10.6. The molecule has 0 atom stereocenters. The number of nitrogens with one attached hydrogen (secondary N) is 2. The monoisotopic (exact) mass is 437 g/mol.